The Balaban J connectivity index is 1.76. The SMILES string of the molecule is O=C(NCc1ccccc1F)c1cccc2c1OCCO2. The first-order chi connectivity index (χ1) is 10.3. The molecule has 0 saturated carbocycles. The van der Waals surface area contributed by atoms with Gasteiger partial charge in [-0.2, -0.15) is 0 Å². The minimum absolute atomic E-state index is 0.121. The van der Waals surface area contributed by atoms with Crippen LogP contribution < -0.4 is 14.8 Å². The summed E-state index contributed by atoms with van der Waals surface area (Å²) in [6.07, 6.45) is 0. The lowest BCUT2D eigenvalue weighted by atomic mass is 10.1. The summed E-state index contributed by atoms with van der Waals surface area (Å²) in [5.41, 5.74) is 0.830. The lowest BCUT2D eigenvalue weighted by Gasteiger charge is -2.20. The number of benzene rings is 2. The third-order valence-corrected chi connectivity index (χ3v) is 3.21. The zero-order chi connectivity index (χ0) is 14.7. The molecular formula is C16H14FNO3. The van der Waals surface area contributed by atoms with Crippen LogP contribution >= 0.6 is 0 Å². The van der Waals surface area contributed by atoms with E-state index in [1.54, 1.807) is 36.4 Å². The van der Waals surface area contributed by atoms with Gasteiger partial charge in [-0.15, -0.1) is 0 Å². The van der Waals surface area contributed by atoms with Crippen molar-refractivity contribution in [1.82, 2.24) is 5.32 Å². The van der Waals surface area contributed by atoms with E-state index in [0.717, 1.165) is 0 Å². The molecule has 2 aromatic rings. The minimum Gasteiger partial charge on any atom is -0.486 e. The molecule has 5 heteroatoms. The van der Waals surface area contributed by atoms with Gasteiger partial charge in [0.25, 0.3) is 5.91 Å². The average molecular weight is 287 g/mol. The second-order valence-corrected chi connectivity index (χ2v) is 4.60. The van der Waals surface area contributed by atoms with Crippen molar-refractivity contribution >= 4 is 5.91 Å². The Labute approximate surface area is 121 Å². The van der Waals surface area contributed by atoms with Gasteiger partial charge >= 0.3 is 0 Å². The molecular weight excluding hydrogens is 273 g/mol. The zero-order valence-corrected chi connectivity index (χ0v) is 11.3. The number of rotatable bonds is 3. The van der Waals surface area contributed by atoms with Crippen LogP contribution in [0.2, 0.25) is 0 Å². The largest absolute Gasteiger partial charge is 0.486 e. The average Bonchev–Trinajstić information content (AvgIpc) is 2.53. The van der Waals surface area contributed by atoms with Crippen molar-refractivity contribution in [1.29, 1.82) is 0 Å². The fraction of sp³-hybridized carbons (Fsp3) is 0.188. The van der Waals surface area contributed by atoms with Gasteiger partial charge in [-0.25, -0.2) is 4.39 Å². The predicted octanol–water partition coefficient (Wildman–Crippen LogP) is 2.53. The minimum atomic E-state index is -0.340. The quantitative estimate of drug-likeness (QED) is 0.943. The van der Waals surface area contributed by atoms with Gasteiger partial charge in [0.1, 0.15) is 19.0 Å². The lowest BCUT2D eigenvalue weighted by molar-refractivity contribution is 0.0939. The summed E-state index contributed by atoms with van der Waals surface area (Å²) in [5, 5.41) is 2.69. The molecule has 0 aromatic heterocycles. The molecule has 3 rings (SSSR count). The number of para-hydroxylation sites is 1. The van der Waals surface area contributed by atoms with Gasteiger partial charge in [0, 0.05) is 12.1 Å². The summed E-state index contributed by atoms with van der Waals surface area (Å²) < 4.78 is 24.4. The van der Waals surface area contributed by atoms with E-state index in [0.29, 0.717) is 35.8 Å². The second-order valence-electron chi connectivity index (χ2n) is 4.60. The number of hydrogen-bond acceptors (Lipinski definition) is 3. The Hall–Kier alpha value is -2.56. The van der Waals surface area contributed by atoms with Crippen molar-refractivity contribution in [3.05, 3.63) is 59.4 Å². The van der Waals surface area contributed by atoms with Crippen molar-refractivity contribution in [3.63, 3.8) is 0 Å². The zero-order valence-electron chi connectivity index (χ0n) is 11.3. The molecule has 1 aliphatic rings. The molecule has 0 spiro atoms. The maximum atomic E-state index is 13.5. The highest BCUT2D eigenvalue weighted by Crippen LogP contribution is 2.33. The fourth-order valence-corrected chi connectivity index (χ4v) is 2.17. The van der Waals surface area contributed by atoms with Crippen molar-refractivity contribution in [2.75, 3.05) is 13.2 Å². The van der Waals surface area contributed by atoms with E-state index in [9.17, 15) is 9.18 Å². The molecule has 1 heterocycles. The molecule has 0 fully saturated rings. The van der Waals surface area contributed by atoms with Crippen LogP contribution in [0.5, 0.6) is 11.5 Å². The second kappa shape index (κ2) is 5.83. The summed E-state index contributed by atoms with van der Waals surface area (Å²) in [7, 11) is 0. The number of carbonyl (C=O) groups excluding carboxylic acids is 1. The van der Waals surface area contributed by atoms with E-state index in [2.05, 4.69) is 5.32 Å². The molecule has 0 aliphatic carbocycles. The molecule has 0 saturated heterocycles. The number of carbonyl (C=O) groups is 1. The van der Waals surface area contributed by atoms with Crippen molar-refractivity contribution < 1.29 is 18.7 Å². The molecule has 1 N–H and O–H groups in total. The number of fused-ring (bicyclic) bond motifs is 1. The maximum absolute atomic E-state index is 13.5. The molecule has 1 amide bonds. The normalized spacial score (nSPS) is 12.8. The first-order valence-corrected chi connectivity index (χ1v) is 6.66. The van der Waals surface area contributed by atoms with Crippen LogP contribution in [0.15, 0.2) is 42.5 Å². The van der Waals surface area contributed by atoms with E-state index in [4.69, 9.17) is 9.47 Å². The first kappa shape index (κ1) is 13.4. The van der Waals surface area contributed by atoms with Crippen molar-refractivity contribution in [3.8, 4) is 11.5 Å². The number of ether oxygens (including phenoxy) is 2. The van der Waals surface area contributed by atoms with Gasteiger partial charge in [0.05, 0.1) is 5.56 Å². The Morgan fingerprint density at radius 2 is 1.90 bits per heavy atom. The van der Waals surface area contributed by atoms with E-state index in [1.165, 1.54) is 6.07 Å². The van der Waals surface area contributed by atoms with Crippen molar-refractivity contribution in [2.45, 2.75) is 6.54 Å². The standard InChI is InChI=1S/C16H14FNO3/c17-13-6-2-1-4-11(13)10-18-16(19)12-5-3-7-14-15(12)21-9-8-20-14/h1-7H,8-10H2,(H,18,19). The fourth-order valence-electron chi connectivity index (χ4n) is 2.17. The number of halogens is 1. The molecule has 21 heavy (non-hydrogen) atoms. The smallest absolute Gasteiger partial charge is 0.255 e. The molecule has 1 aliphatic heterocycles. The highest BCUT2D eigenvalue weighted by molar-refractivity contribution is 5.97. The Kier molecular flexibility index (Phi) is 3.73. The van der Waals surface area contributed by atoms with E-state index >= 15 is 0 Å². The Morgan fingerprint density at radius 1 is 1.10 bits per heavy atom. The van der Waals surface area contributed by atoms with E-state index in [-0.39, 0.29) is 18.3 Å². The number of amides is 1. The number of hydrogen-bond donors (Lipinski definition) is 1. The monoisotopic (exact) mass is 287 g/mol. The summed E-state index contributed by atoms with van der Waals surface area (Å²) in [6.45, 7) is 0.994. The van der Waals surface area contributed by atoms with Crippen LogP contribution in [-0.2, 0) is 6.54 Å². The predicted molar refractivity (Wildman–Crippen MR) is 75.0 cm³/mol. The Bertz CT molecular complexity index is 672. The number of nitrogens with one attached hydrogen (secondary N) is 1. The van der Waals surface area contributed by atoms with E-state index < -0.39 is 0 Å². The molecule has 2 aromatic carbocycles. The molecule has 4 nitrogen and oxygen atoms in total. The molecule has 0 atom stereocenters. The van der Waals surface area contributed by atoms with Crippen LogP contribution in [0.25, 0.3) is 0 Å². The molecule has 0 unspecified atom stereocenters. The van der Waals surface area contributed by atoms with Gasteiger partial charge in [-0.1, -0.05) is 24.3 Å². The van der Waals surface area contributed by atoms with Crippen LogP contribution in [0.3, 0.4) is 0 Å². The Morgan fingerprint density at radius 3 is 2.76 bits per heavy atom. The third kappa shape index (κ3) is 2.81. The van der Waals surface area contributed by atoms with Crippen molar-refractivity contribution in [2.24, 2.45) is 0 Å². The van der Waals surface area contributed by atoms with Gasteiger partial charge in [0.15, 0.2) is 11.5 Å². The topological polar surface area (TPSA) is 47.6 Å². The highest BCUT2D eigenvalue weighted by Gasteiger charge is 2.20. The summed E-state index contributed by atoms with van der Waals surface area (Å²) in [4.78, 5) is 12.2. The molecule has 108 valence electrons. The van der Waals surface area contributed by atoms with Gasteiger partial charge in [-0.3, -0.25) is 4.79 Å². The maximum Gasteiger partial charge on any atom is 0.255 e. The van der Waals surface area contributed by atoms with Gasteiger partial charge < -0.3 is 14.8 Å². The van der Waals surface area contributed by atoms with Gasteiger partial charge in [-0.05, 0) is 18.2 Å². The first-order valence-electron chi connectivity index (χ1n) is 6.66. The van der Waals surface area contributed by atoms with Crippen LogP contribution in [0.1, 0.15) is 15.9 Å². The lowest BCUT2D eigenvalue weighted by Crippen LogP contribution is -2.25. The third-order valence-electron chi connectivity index (χ3n) is 3.21. The van der Waals surface area contributed by atoms with Gasteiger partial charge in [0.2, 0.25) is 0 Å². The van der Waals surface area contributed by atoms with Crippen LogP contribution in [0.4, 0.5) is 4.39 Å². The van der Waals surface area contributed by atoms with Crippen LogP contribution in [-0.4, -0.2) is 19.1 Å². The van der Waals surface area contributed by atoms with E-state index in [1.807, 2.05) is 0 Å². The molecule has 0 radical (unpaired) electrons. The summed E-state index contributed by atoms with van der Waals surface area (Å²) in [6, 6.07) is 11.5. The van der Waals surface area contributed by atoms with Crippen LogP contribution in [0, 0.1) is 5.82 Å². The molecule has 0 bridgehead atoms. The highest BCUT2D eigenvalue weighted by atomic mass is 19.1. The summed E-state index contributed by atoms with van der Waals surface area (Å²) in [5.74, 6) is 0.336. The summed E-state index contributed by atoms with van der Waals surface area (Å²) >= 11 is 0.